The van der Waals surface area contributed by atoms with Crippen molar-refractivity contribution in [2.24, 2.45) is 10.8 Å². The van der Waals surface area contributed by atoms with Gasteiger partial charge in [0, 0.05) is 31.5 Å². The summed E-state index contributed by atoms with van der Waals surface area (Å²) in [5.41, 5.74) is 0.489. The van der Waals surface area contributed by atoms with Crippen LogP contribution in [0.3, 0.4) is 0 Å². The van der Waals surface area contributed by atoms with Crippen molar-refractivity contribution >= 4 is 0 Å². The Kier molecular flexibility index (Phi) is 2.50. The monoisotopic (exact) mass is 194 g/mol. The second-order valence-electron chi connectivity index (χ2n) is 5.10. The van der Waals surface area contributed by atoms with Gasteiger partial charge in [0.15, 0.2) is 0 Å². The molecule has 2 aliphatic carbocycles. The molecule has 2 fully saturated rings. The number of hydrogen-bond acceptors (Lipinski definition) is 3. The molecule has 0 aromatic heterocycles. The van der Waals surface area contributed by atoms with Crippen LogP contribution in [-0.2, 0) is 0 Å². The SMILES string of the molecule is N#CCC1(CNCC2(CO)CC2)CC1. The molecule has 0 radical (unpaired) electrons. The van der Waals surface area contributed by atoms with Crippen molar-refractivity contribution in [2.45, 2.75) is 32.1 Å². The van der Waals surface area contributed by atoms with E-state index in [0.717, 1.165) is 25.9 Å². The van der Waals surface area contributed by atoms with Crippen LogP contribution in [0.25, 0.3) is 0 Å². The Morgan fingerprint density at radius 2 is 1.71 bits per heavy atom. The minimum Gasteiger partial charge on any atom is -0.396 e. The maximum atomic E-state index is 9.11. The lowest BCUT2D eigenvalue weighted by Crippen LogP contribution is -2.31. The van der Waals surface area contributed by atoms with Crippen LogP contribution >= 0.6 is 0 Å². The molecule has 0 bridgehead atoms. The minimum atomic E-state index is 0.197. The van der Waals surface area contributed by atoms with Crippen LogP contribution in [-0.4, -0.2) is 24.8 Å². The second-order valence-corrected chi connectivity index (χ2v) is 5.10. The molecular formula is C11H18N2O. The van der Waals surface area contributed by atoms with E-state index in [2.05, 4.69) is 11.4 Å². The van der Waals surface area contributed by atoms with Crippen molar-refractivity contribution in [1.29, 1.82) is 5.26 Å². The van der Waals surface area contributed by atoms with Gasteiger partial charge >= 0.3 is 0 Å². The van der Waals surface area contributed by atoms with E-state index >= 15 is 0 Å². The van der Waals surface area contributed by atoms with Crippen molar-refractivity contribution < 1.29 is 5.11 Å². The van der Waals surface area contributed by atoms with Gasteiger partial charge in [0.25, 0.3) is 0 Å². The Bertz CT molecular complexity index is 249. The van der Waals surface area contributed by atoms with E-state index in [1.54, 1.807) is 0 Å². The molecule has 78 valence electrons. The Hall–Kier alpha value is -0.590. The molecular weight excluding hydrogens is 176 g/mol. The molecule has 0 heterocycles. The zero-order valence-corrected chi connectivity index (χ0v) is 8.55. The van der Waals surface area contributed by atoms with E-state index < -0.39 is 0 Å². The highest BCUT2D eigenvalue weighted by Crippen LogP contribution is 2.49. The molecule has 0 aliphatic heterocycles. The fraction of sp³-hybridized carbons (Fsp3) is 0.909. The van der Waals surface area contributed by atoms with Crippen LogP contribution in [0.2, 0.25) is 0 Å². The highest BCUT2D eigenvalue weighted by molar-refractivity contribution is 5.02. The van der Waals surface area contributed by atoms with Crippen LogP contribution in [0.15, 0.2) is 0 Å². The Balaban J connectivity index is 1.66. The van der Waals surface area contributed by atoms with Crippen molar-refractivity contribution in [3.8, 4) is 6.07 Å². The molecule has 0 atom stereocenters. The lowest BCUT2D eigenvalue weighted by atomic mass is 10.0. The highest BCUT2D eigenvalue weighted by atomic mass is 16.3. The maximum Gasteiger partial charge on any atom is 0.0628 e. The predicted octanol–water partition coefficient (Wildman–Crippen LogP) is 1.04. The summed E-state index contributed by atoms with van der Waals surface area (Å²) in [5, 5.41) is 21.2. The smallest absolute Gasteiger partial charge is 0.0628 e. The van der Waals surface area contributed by atoms with Gasteiger partial charge in [-0.1, -0.05) is 0 Å². The largest absolute Gasteiger partial charge is 0.396 e. The van der Waals surface area contributed by atoms with Gasteiger partial charge in [0.05, 0.1) is 6.07 Å². The molecule has 14 heavy (non-hydrogen) atoms. The number of nitriles is 1. The summed E-state index contributed by atoms with van der Waals surface area (Å²) in [4.78, 5) is 0. The van der Waals surface area contributed by atoms with E-state index in [1.165, 1.54) is 12.8 Å². The third kappa shape index (κ3) is 2.08. The molecule has 0 spiro atoms. The number of nitrogens with one attached hydrogen (secondary N) is 1. The minimum absolute atomic E-state index is 0.197. The van der Waals surface area contributed by atoms with E-state index in [0.29, 0.717) is 18.4 Å². The zero-order valence-electron chi connectivity index (χ0n) is 8.55. The van der Waals surface area contributed by atoms with E-state index in [4.69, 9.17) is 10.4 Å². The molecule has 3 nitrogen and oxygen atoms in total. The van der Waals surface area contributed by atoms with Crippen molar-refractivity contribution in [2.75, 3.05) is 19.7 Å². The Morgan fingerprint density at radius 3 is 2.14 bits per heavy atom. The summed E-state index contributed by atoms with van der Waals surface area (Å²) in [6.45, 7) is 2.20. The standard InChI is InChI=1S/C11H18N2O/c12-6-5-10(1-2-10)7-13-8-11(9-14)3-4-11/h13-14H,1-5,7-9H2. The van der Waals surface area contributed by atoms with Crippen LogP contribution in [0.1, 0.15) is 32.1 Å². The van der Waals surface area contributed by atoms with E-state index in [9.17, 15) is 0 Å². The van der Waals surface area contributed by atoms with E-state index in [-0.39, 0.29) is 5.41 Å². The van der Waals surface area contributed by atoms with Crippen LogP contribution in [0.5, 0.6) is 0 Å². The average molecular weight is 194 g/mol. The number of rotatable bonds is 6. The maximum absolute atomic E-state index is 9.11. The van der Waals surface area contributed by atoms with Gasteiger partial charge in [0.1, 0.15) is 0 Å². The van der Waals surface area contributed by atoms with Gasteiger partial charge in [-0.2, -0.15) is 5.26 Å². The molecule has 2 saturated carbocycles. The fourth-order valence-corrected chi connectivity index (χ4v) is 1.92. The lowest BCUT2D eigenvalue weighted by Gasteiger charge is -2.16. The van der Waals surface area contributed by atoms with Crippen LogP contribution in [0, 0.1) is 22.2 Å². The molecule has 0 saturated heterocycles. The summed E-state index contributed by atoms with van der Waals surface area (Å²) in [5.74, 6) is 0. The van der Waals surface area contributed by atoms with Crippen molar-refractivity contribution in [3.05, 3.63) is 0 Å². The van der Waals surface area contributed by atoms with Crippen LogP contribution < -0.4 is 5.32 Å². The number of aliphatic hydroxyl groups is 1. The number of nitrogens with zero attached hydrogens (tertiary/aromatic N) is 1. The third-order valence-electron chi connectivity index (χ3n) is 3.70. The summed E-state index contributed by atoms with van der Waals surface area (Å²) in [7, 11) is 0. The van der Waals surface area contributed by atoms with Crippen molar-refractivity contribution in [3.63, 3.8) is 0 Å². The average Bonchev–Trinajstić information content (AvgIpc) is 3.05. The summed E-state index contributed by atoms with van der Waals surface area (Å²) >= 11 is 0. The fourth-order valence-electron chi connectivity index (χ4n) is 1.92. The topological polar surface area (TPSA) is 56.0 Å². The van der Waals surface area contributed by atoms with Crippen LogP contribution in [0.4, 0.5) is 0 Å². The Labute approximate surface area is 85.1 Å². The van der Waals surface area contributed by atoms with Gasteiger partial charge in [0.2, 0.25) is 0 Å². The predicted molar refractivity (Wildman–Crippen MR) is 53.5 cm³/mol. The summed E-state index contributed by atoms with van der Waals surface area (Å²) in [6.07, 6.45) is 5.38. The first-order valence-corrected chi connectivity index (χ1v) is 5.43. The number of aliphatic hydroxyl groups excluding tert-OH is 1. The van der Waals surface area contributed by atoms with Gasteiger partial charge in [-0.3, -0.25) is 0 Å². The summed E-state index contributed by atoms with van der Waals surface area (Å²) < 4.78 is 0. The first-order valence-electron chi connectivity index (χ1n) is 5.43. The first kappa shape index (κ1) is 9.95. The van der Waals surface area contributed by atoms with E-state index in [1.807, 2.05) is 0 Å². The molecule has 2 rings (SSSR count). The van der Waals surface area contributed by atoms with Gasteiger partial charge in [-0.05, 0) is 31.1 Å². The van der Waals surface area contributed by atoms with Gasteiger partial charge in [-0.25, -0.2) is 0 Å². The molecule has 3 heteroatoms. The second kappa shape index (κ2) is 3.52. The number of hydrogen-bond donors (Lipinski definition) is 2. The molecule has 2 N–H and O–H groups in total. The van der Waals surface area contributed by atoms with Gasteiger partial charge in [-0.15, -0.1) is 0 Å². The molecule has 0 aromatic rings. The molecule has 0 amide bonds. The first-order chi connectivity index (χ1) is 6.74. The third-order valence-corrected chi connectivity index (χ3v) is 3.70. The Morgan fingerprint density at radius 1 is 1.14 bits per heavy atom. The molecule has 0 aromatic carbocycles. The zero-order chi connectivity index (χ0) is 10.1. The molecule has 0 unspecified atom stereocenters. The quantitative estimate of drug-likeness (QED) is 0.664. The van der Waals surface area contributed by atoms with Gasteiger partial charge < -0.3 is 10.4 Å². The summed E-state index contributed by atoms with van der Waals surface area (Å²) in [6, 6.07) is 2.26. The lowest BCUT2D eigenvalue weighted by molar-refractivity contribution is 0.205. The highest BCUT2D eigenvalue weighted by Gasteiger charge is 2.45. The van der Waals surface area contributed by atoms with Crippen molar-refractivity contribution in [1.82, 2.24) is 5.32 Å². The molecule has 2 aliphatic rings. The normalized spacial score (nSPS) is 25.4.